The molecule has 5 nitrogen and oxygen atoms in total. The molecule has 0 amide bonds. The van der Waals surface area contributed by atoms with Crippen molar-refractivity contribution in [1.29, 1.82) is 0 Å². The van der Waals surface area contributed by atoms with Gasteiger partial charge >= 0.3 is 5.97 Å². The van der Waals surface area contributed by atoms with Crippen LogP contribution < -0.4 is 15.4 Å². The lowest BCUT2D eigenvalue weighted by molar-refractivity contribution is -0.143. The van der Waals surface area contributed by atoms with Crippen LogP contribution in [0.2, 0.25) is 0 Å². The Hall–Kier alpha value is -3.81. The van der Waals surface area contributed by atoms with E-state index in [4.69, 9.17) is 4.74 Å². The summed E-state index contributed by atoms with van der Waals surface area (Å²) in [4.78, 5) is 12.4. The molecule has 0 saturated heterocycles. The summed E-state index contributed by atoms with van der Waals surface area (Å²) in [5.41, 5.74) is 0.0173. The number of nitrogens with one attached hydrogen (secondary N) is 2. The lowest BCUT2D eigenvalue weighted by atomic mass is 9.85. The van der Waals surface area contributed by atoms with Crippen molar-refractivity contribution in [2.24, 2.45) is 5.92 Å². The van der Waals surface area contributed by atoms with Gasteiger partial charge in [-0.2, -0.15) is 0 Å². The van der Waals surface area contributed by atoms with Crippen LogP contribution in [0.15, 0.2) is 103 Å². The normalized spacial score (nSPS) is 19.5. The predicted octanol–water partition coefficient (Wildman–Crippen LogP) is 4.77. The maximum absolute atomic E-state index is 13.8. The quantitative estimate of drug-likeness (QED) is 0.400. The second-order valence-corrected chi connectivity index (χ2v) is 7.90. The van der Waals surface area contributed by atoms with Crippen LogP contribution in [0.1, 0.15) is 11.1 Å². The number of carbonyl (C=O) groups is 1. The van der Waals surface area contributed by atoms with Gasteiger partial charge in [-0.3, -0.25) is 15.4 Å². The Balaban J connectivity index is 1.71. The molecular formula is C27H24F2N2O3. The lowest BCUT2D eigenvalue weighted by Crippen LogP contribution is -2.65. The van der Waals surface area contributed by atoms with Gasteiger partial charge in [-0.25, -0.2) is 8.78 Å². The molecule has 1 aliphatic carbocycles. The number of carboxylic acids is 1. The van der Waals surface area contributed by atoms with Crippen LogP contribution in [0.5, 0.6) is 5.75 Å². The molecule has 0 radical (unpaired) electrons. The lowest BCUT2D eigenvalue weighted by Gasteiger charge is -2.42. The van der Waals surface area contributed by atoms with Gasteiger partial charge in [0, 0.05) is 13.1 Å². The molecule has 4 rings (SSSR count). The van der Waals surface area contributed by atoms with E-state index in [1.807, 2.05) is 48.5 Å². The molecule has 7 heteroatoms. The fourth-order valence-corrected chi connectivity index (χ4v) is 3.87. The first-order valence-electron chi connectivity index (χ1n) is 10.8. The summed E-state index contributed by atoms with van der Waals surface area (Å²) >= 11 is 0. The van der Waals surface area contributed by atoms with E-state index < -0.39 is 29.2 Å². The second-order valence-electron chi connectivity index (χ2n) is 7.90. The SMILES string of the molecule is O=C(O)C1C=CC=C(Oc2ccccc2)C1(NCc1ccccc1)NCc1ccc(F)c(F)c1. The highest BCUT2D eigenvalue weighted by Gasteiger charge is 2.47. The Morgan fingerprint density at radius 3 is 2.18 bits per heavy atom. The Morgan fingerprint density at radius 2 is 1.53 bits per heavy atom. The maximum Gasteiger partial charge on any atom is 0.314 e. The molecule has 2 unspecified atom stereocenters. The number of benzene rings is 3. The molecule has 0 aliphatic heterocycles. The Labute approximate surface area is 196 Å². The fourth-order valence-electron chi connectivity index (χ4n) is 3.87. The van der Waals surface area contributed by atoms with E-state index in [-0.39, 0.29) is 6.54 Å². The van der Waals surface area contributed by atoms with Crippen molar-refractivity contribution in [3.8, 4) is 5.75 Å². The van der Waals surface area contributed by atoms with Crippen molar-refractivity contribution in [2.45, 2.75) is 18.8 Å². The van der Waals surface area contributed by atoms with Crippen LogP contribution >= 0.6 is 0 Å². The van der Waals surface area contributed by atoms with E-state index >= 15 is 0 Å². The molecule has 3 aromatic rings. The number of hydrogen-bond donors (Lipinski definition) is 3. The van der Waals surface area contributed by atoms with Crippen molar-refractivity contribution >= 4 is 5.97 Å². The van der Waals surface area contributed by atoms with Crippen LogP contribution in [-0.2, 0) is 17.9 Å². The summed E-state index contributed by atoms with van der Waals surface area (Å²) in [6.45, 7) is 0.394. The third-order valence-corrected chi connectivity index (χ3v) is 5.61. The molecule has 0 heterocycles. The van der Waals surface area contributed by atoms with Gasteiger partial charge in [0.1, 0.15) is 23.1 Å². The first kappa shape index (κ1) is 23.4. The smallest absolute Gasteiger partial charge is 0.314 e. The number of para-hydroxylation sites is 1. The molecule has 1 aliphatic rings. The summed E-state index contributed by atoms with van der Waals surface area (Å²) < 4.78 is 33.4. The number of halogens is 2. The average Bonchev–Trinajstić information content (AvgIpc) is 2.85. The summed E-state index contributed by atoms with van der Waals surface area (Å²) in [5.74, 6) is -3.17. The summed E-state index contributed by atoms with van der Waals surface area (Å²) in [6.07, 6.45) is 4.90. The summed E-state index contributed by atoms with van der Waals surface area (Å²) in [5, 5.41) is 16.7. The third kappa shape index (κ3) is 5.22. The second kappa shape index (κ2) is 10.4. The van der Waals surface area contributed by atoms with Crippen molar-refractivity contribution in [3.05, 3.63) is 126 Å². The zero-order valence-corrected chi connectivity index (χ0v) is 18.2. The van der Waals surface area contributed by atoms with Crippen molar-refractivity contribution in [2.75, 3.05) is 0 Å². The van der Waals surface area contributed by atoms with Gasteiger partial charge in [0.2, 0.25) is 0 Å². The van der Waals surface area contributed by atoms with Crippen LogP contribution in [0.25, 0.3) is 0 Å². The van der Waals surface area contributed by atoms with Crippen molar-refractivity contribution in [1.82, 2.24) is 10.6 Å². The highest BCUT2D eigenvalue weighted by molar-refractivity contribution is 5.75. The minimum atomic E-state index is -1.38. The maximum atomic E-state index is 13.8. The third-order valence-electron chi connectivity index (χ3n) is 5.61. The number of aliphatic carboxylic acids is 1. The molecule has 3 aromatic carbocycles. The largest absolute Gasteiger partial charge is 0.481 e. The van der Waals surface area contributed by atoms with Crippen molar-refractivity contribution in [3.63, 3.8) is 0 Å². The highest BCUT2D eigenvalue weighted by atomic mass is 19.2. The Kier molecular flexibility index (Phi) is 7.15. The summed E-state index contributed by atoms with van der Waals surface area (Å²) in [7, 11) is 0. The monoisotopic (exact) mass is 462 g/mol. The summed E-state index contributed by atoms with van der Waals surface area (Å²) in [6, 6.07) is 22.1. The van der Waals surface area contributed by atoms with Gasteiger partial charge in [0.05, 0.1) is 0 Å². The first-order chi connectivity index (χ1) is 16.5. The van der Waals surface area contributed by atoms with Crippen LogP contribution in [-0.4, -0.2) is 16.7 Å². The minimum Gasteiger partial charge on any atom is -0.481 e. The predicted molar refractivity (Wildman–Crippen MR) is 125 cm³/mol. The molecule has 3 N–H and O–H groups in total. The minimum absolute atomic E-state index is 0.0616. The molecule has 34 heavy (non-hydrogen) atoms. The highest BCUT2D eigenvalue weighted by Crippen LogP contribution is 2.32. The van der Waals surface area contributed by atoms with E-state index in [9.17, 15) is 18.7 Å². The molecule has 174 valence electrons. The van der Waals surface area contributed by atoms with E-state index in [1.165, 1.54) is 6.07 Å². The van der Waals surface area contributed by atoms with Crippen LogP contribution in [0.3, 0.4) is 0 Å². The Morgan fingerprint density at radius 1 is 0.882 bits per heavy atom. The zero-order chi connectivity index (χ0) is 24.0. The van der Waals surface area contributed by atoms with E-state index in [2.05, 4.69) is 10.6 Å². The Bertz CT molecular complexity index is 1200. The fraction of sp³-hybridized carbons (Fsp3) is 0.148. The van der Waals surface area contributed by atoms with Crippen molar-refractivity contribution < 1.29 is 23.4 Å². The first-order valence-corrected chi connectivity index (χ1v) is 10.8. The molecular weight excluding hydrogens is 438 g/mol. The number of hydrogen-bond acceptors (Lipinski definition) is 4. The van der Waals surface area contributed by atoms with Gasteiger partial charge in [-0.1, -0.05) is 66.7 Å². The molecule has 0 fully saturated rings. The van der Waals surface area contributed by atoms with Gasteiger partial charge in [0.25, 0.3) is 0 Å². The van der Waals surface area contributed by atoms with Crippen LogP contribution in [0, 0.1) is 17.6 Å². The number of rotatable bonds is 9. The van der Waals surface area contributed by atoms with Gasteiger partial charge < -0.3 is 9.84 Å². The molecule has 0 saturated carbocycles. The topological polar surface area (TPSA) is 70.6 Å². The average molecular weight is 462 g/mol. The molecule has 0 spiro atoms. The zero-order valence-electron chi connectivity index (χ0n) is 18.2. The standard InChI is InChI=1S/C27H24F2N2O3/c28-23-15-14-20(16-24(23)29)18-31-27(30-17-19-8-3-1-4-9-19)22(26(32)33)12-7-13-25(27)34-21-10-5-2-6-11-21/h1-16,22,30-31H,17-18H2,(H,32,33). The van der Waals surface area contributed by atoms with E-state index in [1.54, 1.807) is 30.4 Å². The molecule has 2 atom stereocenters. The number of carboxylic acid groups (broad SMARTS) is 1. The van der Waals surface area contributed by atoms with E-state index in [0.29, 0.717) is 23.6 Å². The van der Waals surface area contributed by atoms with Crippen LogP contribution in [0.4, 0.5) is 8.78 Å². The van der Waals surface area contributed by atoms with Gasteiger partial charge in [0.15, 0.2) is 11.6 Å². The van der Waals surface area contributed by atoms with Gasteiger partial charge in [-0.15, -0.1) is 0 Å². The van der Waals surface area contributed by atoms with E-state index in [0.717, 1.165) is 17.7 Å². The van der Waals surface area contributed by atoms with Gasteiger partial charge in [-0.05, 0) is 41.5 Å². The molecule has 0 aromatic heterocycles. The number of allylic oxidation sites excluding steroid dienone is 2. The molecule has 0 bridgehead atoms. The number of ether oxygens (including phenoxy) is 1.